The van der Waals surface area contributed by atoms with Gasteiger partial charge >= 0.3 is 5.97 Å². The number of nitrogens with one attached hydrogen (secondary N) is 1. The van der Waals surface area contributed by atoms with Gasteiger partial charge < -0.3 is 5.11 Å². The van der Waals surface area contributed by atoms with Crippen molar-refractivity contribution in [2.45, 2.75) is 19.4 Å². The van der Waals surface area contributed by atoms with Crippen LogP contribution in [0.15, 0.2) is 28.7 Å². The Morgan fingerprint density at radius 3 is 2.72 bits per heavy atom. The minimum Gasteiger partial charge on any atom is -0.481 e. The molecule has 7 heteroatoms. The van der Waals surface area contributed by atoms with Crippen molar-refractivity contribution in [2.75, 3.05) is 5.75 Å². The van der Waals surface area contributed by atoms with Gasteiger partial charge in [0.05, 0.1) is 12.2 Å². The Bertz CT molecular complexity index is 530. The molecule has 0 unspecified atom stereocenters. The minimum absolute atomic E-state index is 0.402. The lowest BCUT2D eigenvalue weighted by molar-refractivity contribution is -0.136. The molecule has 0 aliphatic heterocycles. The first-order valence-corrected chi connectivity index (χ1v) is 7.72. The fourth-order valence-corrected chi connectivity index (χ4v) is 3.05. The maximum absolute atomic E-state index is 11.6. The molecular weight excluding hydrogens is 322 g/mol. The molecule has 0 fully saturated rings. The van der Waals surface area contributed by atoms with Crippen LogP contribution in [0.2, 0.25) is 0 Å². The highest BCUT2D eigenvalue weighted by atomic mass is 79.9. The summed E-state index contributed by atoms with van der Waals surface area (Å²) < 4.78 is 26.5. The summed E-state index contributed by atoms with van der Waals surface area (Å²) in [6.45, 7) is 1.71. The zero-order valence-corrected chi connectivity index (χ0v) is 12.2. The summed E-state index contributed by atoms with van der Waals surface area (Å²) in [6, 6.07) is 6.86. The van der Waals surface area contributed by atoms with Gasteiger partial charge in [-0.25, -0.2) is 13.1 Å². The zero-order valence-electron chi connectivity index (χ0n) is 9.76. The second-order valence-corrected chi connectivity index (χ2v) is 6.65. The van der Waals surface area contributed by atoms with Crippen LogP contribution >= 0.6 is 15.9 Å². The molecule has 1 aromatic rings. The largest absolute Gasteiger partial charge is 0.481 e. The number of carbonyl (C=O) groups is 1. The van der Waals surface area contributed by atoms with E-state index in [2.05, 4.69) is 20.7 Å². The van der Waals surface area contributed by atoms with Crippen molar-refractivity contribution in [3.8, 4) is 0 Å². The van der Waals surface area contributed by atoms with Crippen molar-refractivity contribution in [1.82, 2.24) is 4.72 Å². The highest BCUT2D eigenvalue weighted by Gasteiger charge is 2.17. The van der Waals surface area contributed by atoms with E-state index in [-0.39, 0.29) is 0 Å². The van der Waals surface area contributed by atoms with E-state index in [9.17, 15) is 13.2 Å². The van der Waals surface area contributed by atoms with Crippen LogP contribution in [0.1, 0.15) is 24.9 Å². The molecule has 1 aromatic carbocycles. The summed E-state index contributed by atoms with van der Waals surface area (Å²) >= 11 is 3.30. The van der Waals surface area contributed by atoms with E-state index >= 15 is 0 Å². The number of aliphatic carboxylic acids is 1. The third kappa shape index (κ3) is 5.16. The molecule has 0 radical (unpaired) electrons. The summed E-state index contributed by atoms with van der Waals surface area (Å²) in [7, 11) is -3.58. The van der Waals surface area contributed by atoms with Gasteiger partial charge in [0.2, 0.25) is 10.0 Å². The lowest BCUT2D eigenvalue weighted by atomic mass is 10.1. The van der Waals surface area contributed by atoms with E-state index in [4.69, 9.17) is 5.11 Å². The van der Waals surface area contributed by atoms with Crippen molar-refractivity contribution in [2.24, 2.45) is 0 Å². The average Bonchev–Trinajstić information content (AvgIpc) is 2.26. The Hall–Kier alpha value is -0.920. The molecule has 0 aromatic heterocycles. The van der Waals surface area contributed by atoms with Gasteiger partial charge in [-0.05, 0) is 24.6 Å². The summed E-state index contributed by atoms with van der Waals surface area (Å²) in [6.07, 6.45) is -0.402. The molecule has 1 atom stereocenters. The van der Waals surface area contributed by atoms with Crippen molar-refractivity contribution in [3.63, 3.8) is 0 Å². The maximum Gasteiger partial charge on any atom is 0.304 e. The van der Waals surface area contributed by atoms with Crippen LogP contribution in [0.25, 0.3) is 0 Å². The van der Waals surface area contributed by atoms with Crippen LogP contribution in [-0.2, 0) is 14.8 Å². The smallest absolute Gasteiger partial charge is 0.304 e. The van der Waals surface area contributed by atoms with Crippen LogP contribution < -0.4 is 4.72 Å². The van der Waals surface area contributed by atoms with Gasteiger partial charge in [-0.3, -0.25) is 4.79 Å². The van der Waals surface area contributed by atoms with Crippen LogP contribution in [0.5, 0.6) is 0 Å². The fourth-order valence-electron chi connectivity index (χ4n) is 1.39. The Morgan fingerprint density at radius 2 is 2.17 bits per heavy atom. The van der Waals surface area contributed by atoms with Crippen LogP contribution in [0, 0.1) is 0 Å². The summed E-state index contributed by atoms with van der Waals surface area (Å²) in [5, 5.41) is 8.47. The molecular formula is C11H14BrNO4S. The topological polar surface area (TPSA) is 83.5 Å². The first kappa shape index (κ1) is 15.1. The van der Waals surface area contributed by atoms with Gasteiger partial charge in [0.1, 0.15) is 0 Å². The van der Waals surface area contributed by atoms with E-state index in [0.29, 0.717) is 0 Å². The third-order valence-corrected chi connectivity index (χ3v) is 4.24. The average molecular weight is 336 g/mol. The minimum atomic E-state index is -3.58. The van der Waals surface area contributed by atoms with Crippen molar-refractivity contribution in [1.29, 1.82) is 0 Å². The summed E-state index contributed by atoms with van der Waals surface area (Å²) in [5.41, 5.74) is 0.809. The number of carboxylic acids is 1. The van der Waals surface area contributed by atoms with Crippen molar-refractivity contribution >= 4 is 31.9 Å². The molecule has 18 heavy (non-hydrogen) atoms. The number of halogens is 1. The highest BCUT2D eigenvalue weighted by Crippen LogP contribution is 2.18. The molecule has 0 saturated carbocycles. The van der Waals surface area contributed by atoms with Crippen LogP contribution in [0.3, 0.4) is 0 Å². The van der Waals surface area contributed by atoms with Crippen molar-refractivity contribution in [3.05, 3.63) is 34.3 Å². The normalized spacial score (nSPS) is 13.2. The fraction of sp³-hybridized carbons (Fsp3) is 0.364. The Balaban J connectivity index is 2.69. The van der Waals surface area contributed by atoms with Crippen LogP contribution in [-0.4, -0.2) is 25.2 Å². The molecule has 5 nitrogen and oxygen atoms in total. The van der Waals surface area contributed by atoms with Crippen molar-refractivity contribution < 1.29 is 18.3 Å². The highest BCUT2D eigenvalue weighted by molar-refractivity contribution is 9.10. The van der Waals surface area contributed by atoms with Gasteiger partial charge in [-0.2, -0.15) is 0 Å². The number of carboxylic acid groups (broad SMARTS) is 1. The molecule has 1 rings (SSSR count). The van der Waals surface area contributed by atoms with E-state index < -0.39 is 34.2 Å². The Kier molecular flexibility index (Phi) is 5.30. The molecule has 0 aliphatic carbocycles. The van der Waals surface area contributed by atoms with E-state index in [1.165, 1.54) is 0 Å². The molecule has 2 N–H and O–H groups in total. The maximum atomic E-state index is 11.6. The quantitative estimate of drug-likeness (QED) is 0.831. The zero-order chi connectivity index (χ0) is 13.8. The lowest BCUT2D eigenvalue weighted by Gasteiger charge is -2.14. The van der Waals surface area contributed by atoms with E-state index in [0.717, 1.165) is 10.0 Å². The number of hydrogen-bond donors (Lipinski definition) is 2. The molecule has 0 saturated heterocycles. The number of sulfonamides is 1. The number of benzene rings is 1. The molecule has 100 valence electrons. The molecule has 0 bridgehead atoms. The van der Waals surface area contributed by atoms with Gasteiger partial charge in [0, 0.05) is 10.5 Å². The summed E-state index contributed by atoms with van der Waals surface area (Å²) in [5.74, 6) is -1.55. The van der Waals surface area contributed by atoms with Gasteiger partial charge in [0.25, 0.3) is 0 Å². The molecule has 0 spiro atoms. The Labute approximate surface area is 114 Å². The SMILES string of the molecule is C[C@H](NS(=O)(=O)CCC(=O)O)c1cccc(Br)c1. The van der Waals surface area contributed by atoms with E-state index in [1.807, 2.05) is 18.2 Å². The monoisotopic (exact) mass is 335 g/mol. The third-order valence-electron chi connectivity index (χ3n) is 2.29. The van der Waals surface area contributed by atoms with Gasteiger partial charge in [-0.15, -0.1) is 0 Å². The number of rotatable bonds is 6. The number of hydrogen-bond acceptors (Lipinski definition) is 3. The van der Waals surface area contributed by atoms with E-state index in [1.54, 1.807) is 13.0 Å². The molecule has 0 amide bonds. The van der Waals surface area contributed by atoms with Gasteiger partial charge in [0.15, 0.2) is 0 Å². The van der Waals surface area contributed by atoms with Gasteiger partial charge in [-0.1, -0.05) is 28.1 Å². The second-order valence-electron chi connectivity index (χ2n) is 3.86. The Morgan fingerprint density at radius 1 is 1.50 bits per heavy atom. The predicted molar refractivity (Wildman–Crippen MR) is 71.7 cm³/mol. The molecule has 0 heterocycles. The first-order chi connectivity index (χ1) is 8.30. The van der Waals surface area contributed by atoms with Crippen LogP contribution in [0.4, 0.5) is 0 Å². The first-order valence-electron chi connectivity index (χ1n) is 5.27. The standard InChI is InChI=1S/C11H14BrNO4S/c1-8(9-3-2-4-10(12)7-9)13-18(16,17)6-5-11(14)15/h2-4,7-8,13H,5-6H2,1H3,(H,14,15)/t8-/m0/s1. The lowest BCUT2D eigenvalue weighted by Crippen LogP contribution is -2.30. The second kappa shape index (κ2) is 6.31. The summed E-state index contributed by atoms with van der Waals surface area (Å²) in [4.78, 5) is 10.3. The molecule has 0 aliphatic rings. The predicted octanol–water partition coefficient (Wildman–Crippen LogP) is 1.90.